The smallest absolute Gasteiger partial charge is 0.413 e. The first-order valence-corrected chi connectivity index (χ1v) is 10.4. The van der Waals surface area contributed by atoms with Crippen LogP contribution in [0.5, 0.6) is 0 Å². The minimum absolute atomic E-state index is 0.130. The molecule has 1 aliphatic heterocycles. The summed E-state index contributed by atoms with van der Waals surface area (Å²) in [6.45, 7) is 1.02. The van der Waals surface area contributed by atoms with E-state index in [0.29, 0.717) is 24.6 Å². The number of hydrogen-bond acceptors (Lipinski definition) is 5. The molecule has 2 N–H and O–H groups in total. The largest absolute Gasteiger partial charge is 0.453 e. The maximum atomic E-state index is 13.1. The van der Waals surface area contributed by atoms with Gasteiger partial charge in [-0.2, -0.15) is 0 Å². The lowest BCUT2D eigenvalue weighted by atomic mass is 9.99. The Bertz CT molecular complexity index is 984. The number of carbonyl (C=O) groups is 2. The van der Waals surface area contributed by atoms with Gasteiger partial charge in [0.2, 0.25) is 0 Å². The Labute approximate surface area is 178 Å². The van der Waals surface area contributed by atoms with Crippen molar-refractivity contribution in [3.8, 4) is 0 Å². The van der Waals surface area contributed by atoms with Crippen molar-refractivity contribution >= 4 is 28.6 Å². The van der Waals surface area contributed by atoms with Gasteiger partial charge in [-0.3, -0.25) is 5.32 Å². The molecule has 3 aromatic rings. The molecule has 154 valence electrons. The number of aromatic nitrogens is 1. The molecular weight excluding hydrogens is 400 g/mol. The highest BCUT2D eigenvalue weighted by Gasteiger charge is 2.27. The van der Waals surface area contributed by atoms with E-state index < -0.39 is 6.09 Å². The van der Waals surface area contributed by atoms with Crippen molar-refractivity contribution in [3.63, 3.8) is 0 Å². The van der Waals surface area contributed by atoms with E-state index in [0.717, 1.165) is 21.7 Å². The molecule has 3 amide bonds. The number of nitrogens with one attached hydrogen (secondary N) is 2. The van der Waals surface area contributed by atoms with Crippen LogP contribution in [0.2, 0.25) is 0 Å². The van der Waals surface area contributed by atoms with Crippen LogP contribution in [0.15, 0.2) is 60.7 Å². The van der Waals surface area contributed by atoms with E-state index in [2.05, 4.69) is 20.4 Å². The Kier molecular flexibility index (Phi) is 5.94. The number of rotatable bonds is 4. The first-order valence-electron chi connectivity index (χ1n) is 9.63. The fourth-order valence-electron chi connectivity index (χ4n) is 3.43. The number of benzene rings is 2. The van der Waals surface area contributed by atoms with E-state index in [1.807, 2.05) is 60.7 Å². The average Bonchev–Trinajstić information content (AvgIpc) is 3.19. The standard InChI is InChI=1S/C22H22N4O3S/c1-29-22(28)25-20-23-17-12-13-26(14-18(17)30-20)21(27)24-19(15-8-4-2-5-9-15)16-10-6-3-7-11-16/h2-11,19H,12-14H2,1H3,(H,24,27)(H,23,25,28). The third kappa shape index (κ3) is 4.44. The van der Waals surface area contributed by atoms with Crippen molar-refractivity contribution in [1.29, 1.82) is 0 Å². The van der Waals surface area contributed by atoms with Gasteiger partial charge in [-0.25, -0.2) is 14.6 Å². The lowest BCUT2D eigenvalue weighted by Crippen LogP contribution is -2.44. The average molecular weight is 423 g/mol. The number of thiazole rings is 1. The molecule has 30 heavy (non-hydrogen) atoms. The summed E-state index contributed by atoms with van der Waals surface area (Å²) in [4.78, 5) is 31.7. The molecule has 0 atom stereocenters. The third-order valence-electron chi connectivity index (χ3n) is 4.95. The van der Waals surface area contributed by atoms with Gasteiger partial charge in [0, 0.05) is 17.8 Å². The Morgan fingerprint density at radius 2 is 1.70 bits per heavy atom. The van der Waals surface area contributed by atoms with Gasteiger partial charge in [-0.15, -0.1) is 0 Å². The first-order chi connectivity index (χ1) is 14.6. The number of urea groups is 1. The summed E-state index contributed by atoms with van der Waals surface area (Å²) in [7, 11) is 1.31. The molecule has 8 heteroatoms. The topological polar surface area (TPSA) is 83.6 Å². The number of methoxy groups -OCH3 is 1. The van der Waals surface area contributed by atoms with E-state index in [1.54, 1.807) is 4.90 Å². The maximum absolute atomic E-state index is 13.1. The molecular formula is C22H22N4O3S. The second-order valence-electron chi connectivity index (χ2n) is 6.88. The summed E-state index contributed by atoms with van der Waals surface area (Å²) in [6.07, 6.45) is 0.0907. The fourth-order valence-corrected chi connectivity index (χ4v) is 4.43. The van der Waals surface area contributed by atoms with Gasteiger partial charge in [-0.1, -0.05) is 72.0 Å². The van der Waals surface area contributed by atoms with Crippen LogP contribution in [0.4, 0.5) is 14.7 Å². The Hall–Kier alpha value is -3.39. The highest BCUT2D eigenvalue weighted by molar-refractivity contribution is 7.15. The quantitative estimate of drug-likeness (QED) is 0.661. The molecule has 0 bridgehead atoms. The summed E-state index contributed by atoms with van der Waals surface area (Å²) in [5.74, 6) is 0. The van der Waals surface area contributed by atoms with E-state index in [9.17, 15) is 9.59 Å². The number of anilines is 1. The van der Waals surface area contributed by atoms with Crippen LogP contribution in [0.25, 0.3) is 0 Å². The molecule has 0 saturated heterocycles. The minimum Gasteiger partial charge on any atom is -0.453 e. The number of nitrogens with zero attached hydrogens (tertiary/aromatic N) is 2. The minimum atomic E-state index is -0.552. The molecule has 2 heterocycles. The van der Waals surface area contributed by atoms with E-state index in [4.69, 9.17) is 0 Å². The highest BCUT2D eigenvalue weighted by Crippen LogP contribution is 2.29. The number of ether oxygens (including phenoxy) is 1. The lowest BCUT2D eigenvalue weighted by Gasteiger charge is -2.29. The Balaban J connectivity index is 1.49. The Morgan fingerprint density at radius 1 is 1.07 bits per heavy atom. The van der Waals surface area contributed by atoms with Gasteiger partial charge in [0.25, 0.3) is 0 Å². The molecule has 1 aliphatic rings. The first kappa shape index (κ1) is 19.9. The molecule has 0 saturated carbocycles. The predicted octanol–water partition coefficient (Wildman–Crippen LogP) is 4.18. The van der Waals surface area contributed by atoms with Gasteiger partial charge >= 0.3 is 12.1 Å². The van der Waals surface area contributed by atoms with Gasteiger partial charge in [-0.05, 0) is 11.1 Å². The van der Waals surface area contributed by atoms with Gasteiger partial charge in [0.05, 0.1) is 25.4 Å². The van der Waals surface area contributed by atoms with Crippen molar-refractivity contribution in [1.82, 2.24) is 15.2 Å². The van der Waals surface area contributed by atoms with Crippen molar-refractivity contribution < 1.29 is 14.3 Å². The summed E-state index contributed by atoms with van der Waals surface area (Å²) in [5, 5.41) is 6.26. The van der Waals surface area contributed by atoms with Crippen LogP contribution < -0.4 is 10.6 Å². The highest BCUT2D eigenvalue weighted by atomic mass is 32.1. The zero-order valence-corrected chi connectivity index (χ0v) is 17.3. The molecule has 0 aliphatic carbocycles. The maximum Gasteiger partial charge on any atom is 0.413 e. The summed E-state index contributed by atoms with van der Waals surface area (Å²) in [6, 6.07) is 19.5. The zero-order valence-electron chi connectivity index (χ0n) is 16.5. The van der Waals surface area contributed by atoms with E-state index in [-0.39, 0.29) is 12.1 Å². The second kappa shape index (κ2) is 8.96. The zero-order chi connectivity index (χ0) is 20.9. The number of fused-ring (bicyclic) bond motifs is 1. The SMILES string of the molecule is COC(=O)Nc1nc2c(s1)CN(C(=O)NC(c1ccccc1)c1ccccc1)CC2. The Morgan fingerprint density at radius 3 is 2.30 bits per heavy atom. The van der Waals surface area contributed by atoms with Crippen LogP contribution in [0, 0.1) is 0 Å². The number of carbonyl (C=O) groups excluding carboxylic acids is 2. The molecule has 0 spiro atoms. The van der Waals surface area contributed by atoms with Crippen LogP contribution in [0.1, 0.15) is 27.7 Å². The van der Waals surface area contributed by atoms with Crippen LogP contribution in [-0.2, 0) is 17.7 Å². The molecule has 0 fully saturated rings. The van der Waals surface area contributed by atoms with E-state index in [1.165, 1.54) is 18.4 Å². The molecule has 0 radical (unpaired) electrons. The van der Waals surface area contributed by atoms with Crippen molar-refractivity contribution in [2.75, 3.05) is 19.0 Å². The fraction of sp³-hybridized carbons (Fsp3) is 0.227. The van der Waals surface area contributed by atoms with Crippen molar-refractivity contribution in [3.05, 3.63) is 82.4 Å². The molecule has 0 unspecified atom stereocenters. The second-order valence-corrected chi connectivity index (χ2v) is 7.96. The molecule has 7 nitrogen and oxygen atoms in total. The molecule has 4 rings (SSSR count). The van der Waals surface area contributed by atoms with Gasteiger partial charge in [0.1, 0.15) is 0 Å². The van der Waals surface area contributed by atoms with Crippen LogP contribution in [-0.4, -0.2) is 35.7 Å². The third-order valence-corrected chi connectivity index (χ3v) is 5.94. The summed E-state index contributed by atoms with van der Waals surface area (Å²) < 4.78 is 4.62. The van der Waals surface area contributed by atoms with Crippen LogP contribution in [0.3, 0.4) is 0 Å². The van der Waals surface area contributed by atoms with Crippen molar-refractivity contribution in [2.45, 2.75) is 19.0 Å². The summed E-state index contributed by atoms with van der Waals surface area (Å²) in [5.41, 5.74) is 2.97. The van der Waals surface area contributed by atoms with Crippen LogP contribution >= 0.6 is 11.3 Å². The monoisotopic (exact) mass is 422 g/mol. The number of amides is 3. The van der Waals surface area contributed by atoms with Crippen molar-refractivity contribution in [2.24, 2.45) is 0 Å². The summed E-state index contributed by atoms with van der Waals surface area (Å²) >= 11 is 1.37. The molecule has 1 aromatic heterocycles. The molecule has 2 aromatic carbocycles. The van der Waals surface area contributed by atoms with Gasteiger partial charge in [0.15, 0.2) is 5.13 Å². The predicted molar refractivity (Wildman–Crippen MR) is 116 cm³/mol. The normalized spacial score (nSPS) is 12.9. The lowest BCUT2D eigenvalue weighted by molar-refractivity contribution is 0.187. The van der Waals surface area contributed by atoms with E-state index >= 15 is 0 Å². The number of hydrogen-bond donors (Lipinski definition) is 2. The van der Waals surface area contributed by atoms with Gasteiger partial charge < -0.3 is 15.0 Å².